The predicted molar refractivity (Wildman–Crippen MR) is 185 cm³/mol. The molecule has 0 saturated heterocycles. The standard InChI is InChI=1S/2C7H9N3O3.4C5H5N.2H2O.2Zn/c2*1-3-5(4(2)10-13)8-9-6(3)7(11)12;4*1-2-4-6-5-3-1;;;;/h2*1-2H3,(H3,8,9,10,11,12,13);4*1-5H;2*1H2;;/q;;;;;;;;2*+2/p-4. The number of carbonyl (C=O) groups excluding carboxylic acids is 2. The number of pyridine rings is 4. The largest absolute Gasteiger partial charge is 2.00 e. The fourth-order valence-electron chi connectivity index (χ4n) is 3.14. The molecule has 0 bridgehead atoms. The number of rotatable bonds is 4. The van der Waals surface area contributed by atoms with Gasteiger partial charge < -0.3 is 61.6 Å². The van der Waals surface area contributed by atoms with Gasteiger partial charge in [0.05, 0.1) is 29.0 Å². The summed E-state index contributed by atoms with van der Waals surface area (Å²) in [4.78, 5) is 36.0. The molecule has 0 aliphatic carbocycles. The summed E-state index contributed by atoms with van der Waals surface area (Å²) >= 11 is 0. The van der Waals surface area contributed by atoms with Crippen LogP contribution in [0.4, 0.5) is 0 Å². The zero-order valence-electron chi connectivity index (χ0n) is 30.0. The molecule has 0 amide bonds. The van der Waals surface area contributed by atoms with Gasteiger partial charge in [-0.3, -0.25) is 19.9 Å². The molecule has 0 aliphatic heterocycles. The Morgan fingerprint density at radius 1 is 0.519 bits per heavy atom. The molecule has 54 heavy (non-hydrogen) atoms. The van der Waals surface area contributed by atoms with E-state index in [1.165, 1.54) is 27.7 Å². The first kappa shape index (κ1) is 54.8. The molecular weight excluding hydrogens is 807 g/mol. The molecular formula is C34H38N10O8Zn2. The van der Waals surface area contributed by atoms with E-state index in [4.69, 9.17) is 10.4 Å². The third kappa shape index (κ3) is 22.8. The van der Waals surface area contributed by atoms with Crippen molar-refractivity contribution in [2.75, 3.05) is 0 Å². The topological polar surface area (TPSA) is 314 Å². The van der Waals surface area contributed by atoms with Crippen LogP contribution < -0.4 is 20.4 Å². The molecule has 0 radical (unpaired) electrons. The number of aromatic carboxylic acids is 2. The monoisotopic (exact) mass is 842 g/mol. The second-order valence-electron chi connectivity index (χ2n) is 9.09. The van der Waals surface area contributed by atoms with Crippen molar-refractivity contribution in [3.05, 3.63) is 156 Å². The molecule has 6 N–H and O–H groups in total. The van der Waals surface area contributed by atoms with Crippen molar-refractivity contribution in [2.45, 2.75) is 27.7 Å². The van der Waals surface area contributed by atoms with Gasteiger partial charge in [0.15, 0.2) is 0 Å². The molecule has 6 heterocycles. The van der Waals surface area contributed by atoms with Gasteiger partial charge in [0.1, 0.15) is 5.71 Å². The van der Waals surface area contributed by atoms with E-state index < -0.39 is 11.9 Å². The maximum absolute atomic E-state index is 10.4. The number of aromatic nitrogens is 8. The fraction of sp³-hybridized carbons (Fsp3) is 0.118. The summed E-state index contributed by atoms with van der Waals surface area (Å²) in [7, 11) is 0. The zero-order valence-corrected chi connectivity index (χ0v) is 35.9. The van der Waals surface area contributed by atoms with Crippen LogP contribution in [0.25, 0.3) is 0 Å². The van der Waals surface area contributed by atoms with Crippen LogP contribution in [-0.4, -0.2) is 74.9 Å². The van der Waals surface area contributed by atoms with Crippen LogP contribution in [0, 0.1) is 13.8 Å². The summed E-state index contributed by atoms with van der Waals surface area (Å²) < 4.78 is 0. The molecule has 6 aromatic heterocycles. The van der Waals surface area contributed by atoms with E-state index in [2.05, 4.69) is 50.6 Å². The smallest absolute Gasteiger partial charge is 0.573 e. The van der Waals surface area contributed by atoms with Gasteiger partial charge in [-0.05, 0) is 87.4 Å². The van der Waals surface area contributed by atoms with Crippen molar-refractivity contribution in [1.29, 1.82) is 0 Å². The second-order valence-corrected chi connectivity index (χ2v) is 9.09. The quantitative estimate of drug-likeness (QED) is 0.106. The Kier molecular flexibility index (Phi) is 34.7. The third-order valence-corrected chi connectivity index (χ3v) is 5.56. The number of hydrogen-bond donors (Lipinski definition) is 2. The van der Waals surface area contributed by atoms with Gasteiger partial charge in [0.25, 0.3) is 0 Å². The maximum atomic E-state index is 10.4. The number of oxime groups is 2. The van der Waals surface area contributed by atoms with Crippen molar-refractivity contribution in [3.63, 3.8) is 0 Å². The number of nitrogens with zero attached hydrogens (tertiary/aromatic N) is 10. The second kappa shape index (κ2) is 34.2. The van der Waals surface area contributed by atoms with Crippen molar-refractivity contribution >= 4 is 23.4 Å². The maximum Gasteiger partial charge on any atom is 2.00 e. The van der Waals surface area contributed by atoms with Gasteiger partial charge >= 0.3 is 39.0 Å². The van der Waals surface area contributed by atoms with E-state index in [-0.39, 0.29) is 84.1 Å². The summed E-state index contributed by atoms with van der Waals surface area (Å²) in [6.45, 7) is 6.04. The molecule has 6 aromatic rings. The summed E-state index contributed by atoms with van der Waals surface area (Å²) in [6.07, 6.45) is 14.0. The van der Waals surface area contributed by atoms with Crippen molar-refractivity contribution < 1.29 is 80.1 Å². The minimum Gasteiger partial charge on any atom is -0.573 e. The van der Waals surface area contributed by atoms with Crippen LogP contribution in [0.2, 0.25) is 0 Å². The summed E-state index contributed by atoms with van der Waals surface area (Å²) in [5.41, 5.74) is 1.21. The average Bonchev–Trinajstić information content (AvgIpc) is 3.77. The minimum absolute atomic E-state index is 0. The molecule has 0 atom stereocenters. The predicted octanol–water partition coefficient (Wildman–Crippen LogP) is 0.490. The third-order valence-electron chi connectivity index (χ3n) is 5.56. The molecule has 0 fully saturated rings. The molecule has 0 aromatic carbocycles. The van der Waals surface area contributed by atoms with Crippen LogP contribution in [0.5, 0.6) is 0 Å². The van der Waals surface area contributed by atoms with E-state index >= 15 is 0 Å². The van der Waals surface area contributed by atoms with Crippen molar-refractivity contribution in [3.8, 4) is 0 Å². The Morgan fingerprint density at radius 3 is 1.02 bits per heavy atom. The van der Waals surface area contributed by atoms with Crippen LogP contribution >= 0.6 is 0 Å². The molecule has 276 valence electrons. The summed E-state index contributed by atoms with van der Waals surface area (Å²) in [6, 6.07) is 22.9. The Labute approximate surface area is 336 Å². The Morgan fingerprint density at radius 2 is 0.815 bits per heavy atom. The summed E-state index contributed by atoms with van der Waals surface area (Å²) in [5, 5.41) is 57.3. The number of carboxylic acids is 2. The van der Waals surface area contributed by atoms with Crippen molar-refractivity contribution in [2.24, 2.45) is 10.3 Å². The molecule has 18 nitrogen and oxygen atoms in total. The Bertz CT molecular complexity index is 1530. The Hall–Kier alpha value is -5.93. The van der Waals surface area contributed by atoms with Crippen LogP contribution in [0.3, 0.4) is 0 Å². The molecule has 20 heteroatoms. The molecule has 6 rings (SSSR count). The fourth-order valence-corrected chi connectivity index (χ4v) is 3.14. The molecule has 0 unspecified atom stereocenters. The molecule has 0 spiro atoms. The van der Waals surface area contributed by atoms with Gasteiger partial charge in [-0.15, -0.1) is 0 Å². The first-order chi connectivity index (χ1) is 24.1. The van der Waals surface area contributed by atoms with E-state index in [1.807, 2.05) is 72.8 Å². The van der Waals surface area contributed by atoms with Gasteiger partial charge in [-0.2, -0.15) is 0 Å². The van der Waals surface area contributed by atoms with E-state index in [0.29, 0.717) is 11.1 Å². The van der Waals surface area contributed by atoms with Crippen LogP contribution in [-0.2, 0) is 39.0 Å². The van der Waals surface area contributed by atoms with Crippen LogP contribution in [0.15, 0.2) is 133 Å². The average molecular weight is 846 g/mol. The van der Waals surface area contributed by atoms with Crippen molar-refractivity contribution in [1.82, 2.24) is 40.3 Å². The minimum atomic E-state index is -1.39. The van der Waals surface area contributed by atoms with Gasteiger partial charge in [-0.25, -0.2) is 0 Å². The van der Waals surface area contributed by atoms with E-state index in [9.17, 15) is 19.8 Å². The SMILES string of the molecule is C/C(=N\O)c1[n-]nc(C(=O)[O-])c1C.C/C(=N\O)c1n[n-]c(C(=O)[O-])c1C.O.O.[Zn+2].[Zn+2].c1ccncc1.c1ccncc1.c1ccncc1.c1ccncc1. The van der Waals surface area contributed by atoms with E-state index in [0.717, 1.165) is 0 Å². The molecule has 0 saturated carbocycles. The number of carboxylic acid groups (broad SMARTS) is 2. The number of carbonyl (C=O) groups is 2. The Balaban J connectivity index is -0.000000284. The van der Waals surface area contributed by atoms with E-state index in [1.54, 1.807) is 49.6 Å². The number of hydrogen-bond acceptors (Lipinski definition) is 14. The first-order valence-corrected chi connectivity index (χ1v) is 14.4. The first-order valence-electron chi connectivity index (χ1n) is 14.4. The van der Waals surface area contributed by atoms with Gasteiger partial charge in [-0.1, -0.05) is 46.0 Å². The zero-order chi connectivity index (χ0) is 37.0. The molecule has 0 aliphatic rings. The summed E-state index contributed by atoms with van der Waals surface area (Å²) in [5.74, 6) is -2.77. The van der Waals surface area contributed by atoms with Gasteiger partial charge in [0.2, 0.25) is 0 Å². The normalized spacial score (nSPS) is 9.19. The van der Waals surface area contributed by atoms with Crippen LogP contribution in [0.1, 0.15) is 57.3 Å². The van der Waals surface area contributed by atoms with Gasteiger partial charge in [0, 0.05) is 49.6 Å².